The maximum atomic E-state index is 12.5. The molecular formula is C16H17ClN2O3S2. The van der Waals surface area contributed by atoms with Crippen LogP contribution in [-0.2, 0) is 10.0 Å². The predicted octanol–water partition coefficient (Wildman–Crippen LogP) is 3.75. The van der Waals surface area contributed by atoms with E-state index < -0.39 is 10.0 Å². The van der Waals surface area contributed by atoms with Gasteiger partial charge in [0.25, 0.3) is 15.9 Å². The number of aryl methyl sites for hydroxylation is 1. The van der Waals surface area contributed by atoms with E-state index in [4.69, 9.17) is 11.6 Å². The lowest BCUT2D eigenvalue weighted by Gasteiger charge is -2.13. The van der Waals surface area contributed by atoms with Crippen molar-refractivity contribution < 1.29 is 13.2 Å². The molecule has 5 nitrogen and oxygen atoms in total. The number of rotatable bonds is 4. The Hall–Kier alpha value is -1.41. The molecule has 128 valence electrons. The molecule has 1 aliphatic heterocycles. The van der Waals surface area contributed by atoms with Crippen molar-refractivity contribution in [2.45, 2.75) is 24.0 Å². The fraction of sp³-hybridized carbons (Fsp3) is 0.312. The van der Waals surface area contributed by atoms with Gasteiger partial charge in [-0.2, -0.15) is 4.31 Å². The van der Waals surface area contributed by atoms with Crippen molar-refractivity contribution in [3.8, 4) is 0 Å². The number of amides is 1. The van der Waals surface area contributed by atoms with Crippen molar-refractivity contribution in [1.29, 1.82) is 0 Å². The normalized spacial score (nSPS) is 15.6. The maximum Gasteiger partial charge on any atom is 0.265 e. The number of hydrogen-bond acceptors (Lipinski definition) is 4. The van der Waals surface area contributed by atoms with Crippen molar-refractivity contribution in [3.05, 3.63) is 45.8 Å². The molecule has 3 rings (SSSR count). The second kappa shape index (κ2) is 6.84. The summed E-state index contributed by atoms with van der Waals surface area (Å²) in [5, 5.41) is 3.31. The molecule has 1 aromatic carbocycles. The molecule has 2 aromatic rings. The number of anilines is 1. The topological polar surface area (TPSA) is 66.5 Å². The number of thiophene rings is 1. The SMILES string of the molecule is Cc1ccc(Cl)cc1NC(=O)c1ccc(S(=O)(=O)N2CCCC2)s1. The second-order valence-electron chi connectivity index (χ2n) is 5.64. The Morgan fingerprint density at radius 3 is 2.62 bits per heavy atom. The van der Waals surface area contributed by atoms with Gasteiger partial charge in [0.05, 0.1) is 4.88 Å². The zero-order valence-corrected chi connectivity index (χ0v) is 15.5. The molecule has 1 aliphatic rings. The van der Waals surface area contributed by atoms with E-state index in [0.29, 0.717) is 28.7 Å². The first kappa shape index (κ1) is 17.4. The quantitative estimate of drug-likeness (QED) is 0.872. The molecule has 8 heteroatoms. The monoisotopic (exact) mass is 384 g/mol. The van der Waals surface area contributed by atoms with Crippen LogP contribution in [0.5, 0.6) is 0 Å². The largest absolute Gasteiger partial charge is 0.321 e. The number of hydrogen-bond donors (Lipinski definition) is 1. The van der Waals surface area contributed by atoms with Crippen LogP contribution < -0.4 is 5.32 Å². The molecule has 1 N–H and O–H groups in total. The average molecular weight is 385 g/mol. The number of carbonyl (C=O) groups excluding carboxylic acids is 1. The first-order valence-electron chi connectivity index (χ1n) is 7.55. The van der Waals surface area contributed by atoms with Crippen LogP contribution in [-0.4, -0.2) is 31.7 Å². The van der Waals surface area contributed by atoms with Gasteiger partial charge in [0.2, 0.25) is 0 Å². The summed E-state index contributed by atoms with van der Waals surface area (Å²) in [6.45, 7) is 2.95. The molecule has 0 aliphatic carbocycles. The molecule has 1 fully saturated rings. The third-order valence-corrected chi connectivity index (χ3v) is 7.60. The van der Waals surface area contributed by atoms with Crippen LogP contribution in [0.3, 0.4) is 0 Å². The van der Waals surface area contributed by atoms with Gasteiger partial charge in [-0.3, -0.25) is 4.79 Å². The number of nitrogens with zero attached hydrogens (tertiary/aromatic N) is 1. The molecule has 1 aromatic heterocycles. The number of sulfonamides is 1. The first-order chi connectivity index (χ1) is 11.4. The standard InChI is InChI=1S/C16H17ClN2O3S2/c1-11-4-5-12(17)10-13(11)18-16(20)14-6-7-15(23-14)24(21,22)19-8-2-3-9-19/h4-7,10H,2-3,8-9H2,1H3,(H,18,20). The minimum atomic E-state index is -3.49. The van der Waals surface area contributed by atoms with E-state index in [1.54, 1.807) is 18.2 Å². The molecule has 1 saturated heterocycles. The Labute approximate surface area is 150 Å². The van der Waals surface area contributed by atoms with Crippen LogP contribution in [0.1, 0.15) is 28.1 Å². The molecule has 0 saturated carbocycles. The molecule has 0 bridgehead atoms. The minimum Gasteiger partial charge on any atom is -0.321 e. The molecule has 0 unspecified atom stereocenters. The van der Waals surface area contributed by atoms with Crippen LogP contribution in [0.15, 0.2) is 34.5 Å². The van der Waals surface area contributed by atoms with Crippen molar-refractivity contribution in [2.75, 3.05) is 18.4 Å². The summed E-state index contributed by atoms with van der Waals surface area (Å²) < 4.78 is 26.7. The third-order valence-electron chi connectivity index (χ3n) is 3.91. The lowest BCUT2D eigenvalue weighted by Crippen LogP contribution is -2.27. The Kier molecular flexibility index (Phi) is 4.96. The molecule has 1 amide bonds. The van der Waals surface area contributed by atoms with Crippen molar-refractivity contribution in [3.63, 3.8) is 0 Å². The van der Waals surface area contributed by atoms with Crippen LogP contribution in [0, 0.1) is 6.92 Å². The number of benzene rings is 1. The highest BCUT2D eigenvalue weighted by molar-refractivity contribution is 7.91. The third kappa shape index (κ3) is 3.49. The summed E-state index contributed by atoms with van der Waals surface area (Å²) in [7, 11) is -3.49. The van der Waals surface area contributed by atoms with E-state index in [9.17, 15) is 13.2 Å². The van der Waals surface area contributed by atoms with Crippen LogP contribution >= 0.6 is 22.9 Å². The number of carbonyl (C=O) groups is 1. The highest BCUT2D eigenvalue weighted by Crippen LogP contribution is 2.28. The van der Waals surface area contributed by atoms with Crippen molar-refractivity contribution >= 4 is 44.6 Å². The molecular weight excluding hydrogens is 368 g/mol. The van der Waals surface area contributed by atoms with Crippen molar-refractivity contribution in [1.82, 2.24) is 4.31 Å². The van der Waals surface area contributed by atoms with E-state index >= 15 is 0 Å². The van der Waals surface area contributed by atoms with Gasteiger partial charge in [-0.25, -0.2) is 8.42 Å². The fourth-order valence-electron chi connectivity index (χ4n) is 2.55. The zero-order chi connectivity index (χ0) is 17.3. The summed E-state index contributed by atoms with van der Waals surface area (Å²) in [4.78, 5) is 12.7. The highest BCUT2D eigenvalue weighted by Gasteiger charge is 2.29. The van der Waals surface area contributed by atoms with E-state index in [0.717, 1.165) is 29.7 Å². The van der Waals surface area contributed by atoms with E-state index in [-0.39, 0.29) is 10.1 Å². The van der Waals surface area contributed by atoms with E-state index in [1.807, 2.05) is 13.0 Å². The lowest BCUT2D eigenvalue weighted by molar-refractivity contribution is 0.103. The average Bonchev–Trinajstić information content (AvgIpc) is 3.22. The van der Waals surface area contributed by atoms with Gasteiger partial charge in [0, 0.05) is 23.8 Å². The summed E-state index contributed by atoms with van der Waals surface area (Å²) in [6.07, 6.45) is 1.76. The van der Waals surface area contributed by atoms with Crippen LogP contribution in [0.2, 0.25) is 5.02 Å². The van der Waals surface area contributed by atoms with Gasteiger partial charge in [0.1, 0.15) is 4.21 Å². The Morgan fingerprint density at radius 2 is 1.92 bits per heavy atom. The lowest BCUT2D eigenvalue weighted by atomic mass is 10.2. The summed E-state index contributed by atoms with van der Waals surface area (Å²) >= 11 is 6.94. The number of nitrogens with one attached hydrogen (secondary N) is 1. The summed E-state index contributed by atoms with van der Waals surface area (Å²) in [6, 6.07) is 8.28. The van der Waals surface area contributed by atoms with Gasteiger partial charge in [-0.05, 0) is 49.6 Å². The molecule has 24 heavy (non-hydrogen) atoms. The van der Waals surface area contributed by atoms with Gasteiger partial charge >= 0.3 is 0 Å². The van der Waals surface area contributed by atoms with Crippen LogP contribution in [0.25, 0.3) is 0 Å². The maximum absolute atomic E-state index is 12.5. The van der Waals surface area contributed by atoms with Crippen LogP contribution in [0.4, 0.5) is 5.69 Å². The fourth-order valence-corrected chi connectivity index (χ4v) is 5.59. The zero-order valence-electron chi connectivity index (χ0n) is 13.1. The summed E-state index contributed by atoms with van der Waals surface area (Å²) in [5.74, 6) is -0.340. The van der Waals surface area contributed by atoms with Gasteiger partial charge in [-0.15, -0.1) is 11.3 Å². The first-order valence-corrected chi connectivity index (χ1v) is 10.2. The van der Waals surface area contributed by atoms with Gasteiger partial charge < -0.3 is 5.32 Å². The molecule has 0 atom stereocenters. The van der Waals surface area contributed by atoms with Gasteiger partial charge in [-0.1, -0.05) is 17.7 Å². The minimum absolute atomic E-state index is 0.206. The second-order valence-corrected chi connectivity index (χ2v) is 9.33. The highest BCUT2D eigenvalue weighted by atomic mass is 35.5. The van der Waals surface area contributed by atoms with E-state index in [1.165, 1.54) is 10.4 Å². The molecule has 2 heterocycles. The Morgan fingerprint density at radius 1 is 1.21 bits per heavy atom. The predicted molar refractivity (Wildman–Crippen MR) is 96.5 cm³/mol. The van der Waals surface area contributed by atoms with E-state index in [2.05, 4.69) is 5.32 Å². The Balaban J connectivity index is 1.80. The number of halogens is 1. The summed E-state index contributed by atoms with van der Waals surface area (Å²) in [5.41, 5.74) is 1.50. The smallest absolute Gasteiger partial charge is 0.265 e. The molecule has 0 radical (unpaired) electrons. The molecule has 0 spiro atoms. The van der Waals surface area contributed by atoms with Gasteiger partial charge in [0.15, 0.2) is 0 Å². The van der Waals surface area contributed by atoms with Crippen molar-refractivity contribution in [2.24, 2.45) is 0 Å². The Bertz CT molecular complexity index is 871.